The van der Waals surface area contributed by atoms with Gasteiger partial charge in [0.1, 0.15) is 5.84 Å². The molecule has 0 unspecified atom stereocenters. The third kappa shape index (κ3) is 1.19. The van der Waals surface area contributed by atoms with Gasteiger partial charge >= 0.3 is 6.03 Å². The molecule has 1 aromatic carbocycles. The number of nitrogens with one attached hydrogen (secondary N) is 1. The van der Waals surface area contributed by atoms with Crippen LogP contribution in [0.15, 0.2) is 21.6 Å². The van der Waals surface area contributed by atoms with Gasteiger partial charge in [0.25, 0.3) is 0 Å². The van der Waals surface area contributed by atoms with Crippen LogP contribution in [0.25, 0.3) is 0 Å². The van der Waals surface area contributed by atoms with Crippen molar-refractivity contribution in [2.45, 2.75) is 0 Å². The zero-order valence-electron chi connectivity index (χ0n) is 8.13. The summed E-state index contributed by atoms with van der Waals surface area (Å²) in [6.07, 6.45) is 0. The summed E-state index contributed by atoms with van der Waals surface area (Å²) in [6, 6.07) is 3.05. The molecular formula is C10H7BrFN3O. The number of urea groups is 1. The minimum atomic E-state index is -0.458. The molecule has 3 rings (SSSR count). The van der Waals surface area contributed by atoms with Crippen molar-refractivity contribution < 1.29 is 9.18 Å². The van der Waals surface area contributed by atoms with Crippen LogP contribution >= 0.6 is 15.9 Å². The largest absolute Gasteiger partial charge is 0.327 e. The second-order valence-electron chi connectivity index (χ2n) is 3.57. The van der Waals surface area contributed by atoms with Crippen LogP contribution in [-0.4, -0.2) is 29.9 Å². The Morgan fingerprint density at radius 3 is 3.12 bits per heavy atom. The lowest BCUT2D eigenvalue weighted by Crippen LogP contribution is -2.42. The normalized spacial score (nSPS) is 17.8. The minimum absolute atomic E-state index is 0.205. The van der Waals surface area contributed by atoms with Crippen molar-refractivity contribution in [1.29, 1.82) is 0 Å². The molecule has 1 N–H and O–H groups in total. The molecule has 2 amide bonds. The maximum absolute atomic E-state index is 13.8. The van der Waals surface area contributed by atoms with E-state index in [0.717, 1.165) is 0 Å². The highest BCUT2D eigenvalue weighted by Gasteiger charge is 2.33. The highest BCUT2D eigenvalue weighted by Crippen LogP contribution is 2.32. The number of nitrogens with zero attached hydrogens (tertiary/aromatic N) is 2. The molecule has 6 heteroatoms. The molecule has 2 aliphatic heterocycles. The third-order valence-electron chi connectivity index (χ3n) is 2.65. The van der Waals surface area contributed by atoms with Gasteiger partial charge in [-0.1, -0.05) is 0 Å². The van der Waals surface area contributed by atoms with Crippen LogP contribution in [0, 0.1) is 5.82 Å². The Morgan fingerprint density at radius 2 is 2.31 bits per heavy atom. The van der Waals surface area contributed by atoms with Crippen LogP contribution in [0.3, 0.4) is 0 Å². The average Bonchev–Trinajstić information content (AvgIpc) is 2.74. The summed E-state index contributed by atoms with van der Waals surface area (Å²) in [4.78, 5) is 17.4. The number of halogens is 2. The van der Waals surface area contributed by atoms with Crippen LogP contribution in [0.1, 0.15) is 5.56 Å². The maximum Gasteiger partial charge on any atom is 0.327 e. The second-order valence-corrected chi connectivity index (χ2v) is 4.43. The van der Waals surface area contributed by atoms with E-state index in [1.807, 2.05) is 0 Å². The highest BCUT2D eigenvalue weighted by atomic mass is 79.9. The molecule has 0 atom stereocenters. The number of carbonyl (C=O) groups is 1. The van der Waals surface area contributed by atoms with Crippen molar-refractivity contribution >= 4 is 33.5 Å². The van der Waals surface area contributed by atoms with Gasteiger partial charge in [0, 0.05) is 12.1 Å². The number of amides is 2. The van der Waals surface area contributed by atoms with Crippen LogP contribution in [-0.2, 0) is 0 Å². The standard InChI is InChI=1S/C10H7BrFN3O/c11-6-2-1-5-8(7(6)12)14-10(16)15-4-3-13-9(5)15/h1-2H,3-4H2,(H,14,16). The van der Waals surface area contributed by atoms with E-state index in [2.05, 4.69) is 26.2 Å². The van der Waals surface area contributed by atoms with Gasteiger partial charge in [-0.25, -0.2) is 9.18 Å². The smallest absolute Gasteiger partial charge is 0.304 e. The lowest BCUT2D eigenvalue weighted by molar-refractivity contribution is 0.235. The van der Waals surface area contributed by atoms with Crippen molar-refractivity contribution in [3.8, 4) is 0 Å². The van der Waals surface area contributed by atoms with Gasteiger partial charge in [-0.05, 0) is 28.1 Å². The number of carbonyl (C=O) groups excluding carboxylic acids is 1. The quantitative estimate of drug-likeness (QED) is 0.780. The van der Waals surface area contributed by atoms with Crippen molar-refractivity contribution in [3.63, 3.8) is 0 Å². The summed E-state index contributed by atoms with van der Waals surface area (Å²) in [5.41, 5.74) is 0.842. The Labute approximate surface area is 99.3 Å². The summed E-state index contributed by atoms with van der Waals surface area (Å²) in [5.74, 6) is 0.102. The Hall–Kier alpha value is -1.43. The summed E-state index contributed by atoms with van der Waals surface area (Å²) in [5, 5.41) is 2.54. The van der Waals surface area contributed by atoms with Crippen molar-refractivity contribution in [3.05, 3.63) is 28.0 Å². The van der Waals surface area contributed by atoms with E-state index in [0.29, 0.717) is 29.0 Å². The lowest BCUT2D eigenvalue weighted by atomic mass is 10.1. The Morgan fingerprint density at radius 1 is 1.50 bits per heavy atom. The molecule has 4 nitrogen and oxygen atoms in total. The van der Waals surface area contributed by atoms with Gasteiger partial charge in [0.15, 0.2) is 5.82 Å². The summed E-state index contributed by atoms with van der Waals surface area (Å²) in [7, 11) is 0. The molecule has 0 spiro atoms. The molecule has 0 bridgehead atoms. The molecule has 82 valence electrons. The zero-order valence-corrected chi connectivity index (χ0v) is 9.71. The second kappa shape index (κ2) is 3.28. The van der Waals surface area contributed by atoms with Gasteiger partial charge in [-0.15, -0.1) is 0 Å². The summed E-state index contributed by atoms with van der Waals surface area (Å²) >= 11 is 3.09. The number of rotatable bonds is 0. The molecule has 0 aliphatic carbocycles. The van der Waals surface area contributed by atoms with E-state index in [4.69, 9.17) is 0 Å². The lowest BCUT2D eigenvalue weighted by Gasteiger charge is -2.26. The number of hydrogen-bond acceptors (Lipinski definition) is 2. The van der Waals surface area contributed by atoms with E-state index in [-0.39, 0.29) is 11.7 Å². The third-order valence-corrected chi connectivity index (χ3v) is 3.27. The number of amidine groups is 1. The fraction of sp³-hybridized carbons (Fsp3) is 0.200. The first-order valence-electron chi connectivity index (χ1n) is 4.80. The van der Waals surface area contributed by atoms with E-state index < -0.39 is 5.82 Å². The Bertz CT molecular complexity index is 529. The molecule has 0 aromatic heterocycles. The van der Waals surface area contributed by atoms with Crippen molar-refractivity contribution in [2.75, 3.05) is 18.4 Å². The Kier molecular flexibility index (Phi) is 2.00. The van der Waals surface area contributed by atoms with Crippen LogP contribution in [0.2, 0.25) is 0 Å². The van der Waals surface area contributed by atoms with Crippen LogP contribution in [0.4, 0.5) is 14.9 Å². The van der Waals surface area contributed by atoms with Gasteiger partial charge < -0.3 is 5.32 Å². The van der Waals surface area contributed by atoms with Crippen LogP contribution < -0.4 is 5.32 Å². The van der Waals surface area contributed by atoms with Gasteiger partial charge in [0.05, 0.1) is 16.7 Å². The molecule has 2 heterocycles. The fourth-order valence-corrected chi connectivity index (χ4v) is 2.24. The molecule has 16 heavy (non-hydrogen) atoms. The maximum atomic E-state index is 13.8. The molecule has 0 saturated carbocycles. The van der Waals surface area contributed by atoms with Crippen molar-refractivity contribution in [2.24, 2.45) is 4.99 Å². The molecule has 0 saturated heterocycles. The fourth-order valence-electron chi connectivity index (χ4n) is 1.91. The number of fused-ring (bicyclic) bond motifs is 3. The highest BCUT2D eigenvalue weighted by molar-refractivity contribution is 9.10. The first-order chi connectivity index (χ1) is 7.68. The first kappa shape index (κ1) is 9.77. The van der Waals surface area contributed by atoms with E-state index in [1.165, 1.54) is 4.90 Å². The van der Waals surface area contributed by atoms with Crippen LogP contribution in [0.5, 0.6) is 0 Å². The monoisotopic (exact) mass is 283 g/mol. The molecule has 0 radical (unpaired) electrons. The minimum Gasteiger partial charge on any atom is -0.304 e. The SMILES string of the molecule is O=C1Nc2c(ccc(Br)c2F)C2=NCCN12. The predicted octanol–water partition coefficient (Wildman–Crippen LogP) is 2.20. The van der Waals surface area contributed by atoms with E-state index in [1.54, 1.807) is 12.1 Å². The van der Waals surface area contributed by atoms with Gasteiger partial charge in [0.2, 0.25) is 0 Å². The van der Waals surface area contributed by atoms with E-state index in [9.17, 15) is 9.18 Å². The summed E-state index contributed by atoms with van der Waals surface area (Å²) < 4.78 is 14.1. The Balaban J connectivity index is 2.24. The van der Waals surface area contributed by atoms with Crippen molar-refractivity contribution in [1.82, 2.24) is 4.90 Å². The predicted molar refractivity (Wildman–Crippen MR) is 61.2 cm³/mol. The van der Waals surface area contributed by atoms with Gasteiger partial charge in [-0.2, -0.15) is 0 Å². The number of hydrogen-bond donors (Lipinski definition) is 1. The molecular weight excluding hydrogens is 277 g/mol. The van der Waals surface area contributed by atoms with E-state index >= 15 is 0 Å². The number of anilines is 1. The first-order valence-corrected chi connectivity index (χ1v) is 5.59. The summed E-state index contributed by atoms with van der Waals surface area (Å²) in [6.45, 7) is 1.12. The topological polar surface area (TPSA) is 44.7 Å². The number of benzene rings is 1. The zero-order chi connectivity index (χ0) is 11.3. The number of aliphatic imine (C=N–C) groups is 1. The molecule has 0 fully saturated rings. The molecule has 1 aromatic rings. The molecule has 2 aliphatic rings. The average molecular weight is 284 g/mol. The van der Waals surface area contributed by atoms with Gasteiger partial charge in [-0.3, -0.25) is 9.89 Å².